The molecule has 0 spiro atoms. The van der Waals surface area contributed by atoms with E-state index in [1.807, 2.05) is 26.0 Å². The zero-order chi connectivity index (χ0) is 12.6. The molecule has 2 rings (SSSR count). The van der Waals surface area contributed by atoms with Crippen molar-refractivity contribution in [2.45, 2.75) is 30.0 Å². The molecular formula is C12H16BrNO2S. The first-order valence-electron chi connectivity index (χ1n) is 5.63. The first-order chi connectivity index (χ1) is 7.91. The van der Waals surface area contributed by atoms with Crippen LogP contribution in [0.5, 0.6) is 0 Å². The van der Waals surface area contributed by atoms with Gasteiger partial charge in [-0.3, -0.25) is 0 Å². The van der Waals surface area contributed by atoms with E-state index >= 15 is 0 Å². The van der Waals surface area contributed by atoms with Gasteiger partial charge in [-0.1, -0.05) is 28.1 Å². The van der Waals surface area contributed by atoms with Gasteiger partial charge in [-0.2, -0.15) is 4.31 Å². The summed E-state index contributed by atoms with van der Waals surface area (Å²) in [5.74, 6) is 0. The molecule has 1 aromatic rings. The van der Waals surface area contributed by atoms with Crippen LogP contribution in [0.25, 0.3) is 0 Å². The average molecular weight is 318 g/mol. The highest BCUT2D eigenvalue weighted by Crippen LogP contribution is 2.26. The highest BCUT2D eigenvalue weighted by Gasteiger charge is 2.32. The molecule has 1 saturated heterocycles. The van der Waals surface area contributed by atoms with Gasteiger partial charge < -0.3 is 0 Å². The standard InChI is InChI=1S/C12H16BrNO2S/c1-9-3-4-10(2)12(7-9)17(15,16)14-6-5-11(13)8-14/h3-4,7,11H,5-6,8H2,1-2H3. The Hall–Kier alpha value is -0.390. The smallest absolute Gasteiger partial charge is 0.207 e. The van der Waals surface area contributed by atoms with Crippen molar-refractivity contribution in [2.75, 3.05) is 13.1 Å². The largest absolute Gasteiger partial charge is 0.243 e. The van der Waals surface area contributed by atoms with E-state index in [2.05, 4.69) is 15.9 Å². The number of hydrogen-bond acceptors (Lipinski definition) is 2. The Bertz CT molecular complexity index is 527. The molecule has 1 atom stereocenters. The fraction of sp³-hybridized carbons (Fsp3) is 0.500. The van der Waals surface area contributed by atoms with Crippen LogP contribution in [0.15, 0.2) is 23.1 Å². The van der Waals surface area contributed by atoms with E-state index in [0.717, 1.165) is 17.5 Å². The Kier molecular flexibility index (Phi) is 3.61. The van der Waals surface area contributed by atoms with Crippen LogP contribution in [0.1, 0.15) is 17.5 Å². The van der Waals surface area contributed by atoms with Crippen LogP contribution in [-0.2, 0) is 10.0 Å². The molecule has 94 valence electrons. The van der Waals surface area contributed by atoms with Crippen molar-refractivity contribution in [2.24, 2.45) is 0 Å². The van der Waals surface area contributed by atoms with E-state index in [0.29, 0.717) is 18.0 Å². The van der Waals surface area contributed by atoms with E-state index in [1.54, 1.807) is 10.4 Å². The SMILES string of the molecule is Cc1ccc(C)c(S(=O)(=O)N2CCC(Br)C2)c1. The average Bonchev–Trinajstić information content (AvgIpc) is 2.69. The third kappa shape index (κ3) is 2.56. The summed E-state index contributed by atoms with van der Waals surface area (Å²) in [4.78, 5) is 0.724. The van der Waals surface area contributed by atoms with Crippen LogP contribution in [0.4, 0.5) is 0 Å². The molecule has 1 fully saturated rings. The van der Waals surface area contributed by atoms with Gasteiger partial charge in [-0.05, 0) is 37.5 Å². The number of sulfonamides is 1. The summed E-state index contributed by atoms with van der Waals surface area (Å²) in [7, 11) is -3.32. The summed E-state index contributed by atoms with van der Waals surface area (Å²) >= 11 is 3.47. The van der Waals surface area contributed by atoms with E-state index in [-0.39, 0.29) is 4.83 Å². The van der Waals surface area contributed by atoms with Gasteiger partial charge in [0.15, 0.2) is 0 Å². The fourth-order valence-electron chi connectivity index (χ4n) is 2.03. The van der Waals surface area contributed by atoms with Crippen LogP contribution in [0, 0.1) is 13.8 Å². The van der Waals surface area contributed by atoms with Gasteiger partial charge in [-0.15, -0.1) is 0 Å². The highest BCUT2D eigenvalue weighted by molar-refractivity contribution is 9.09. The van der Waals surface area contributed by atoms with Crippen LogP contribution in [-0.4, -0.2) is 30.6 Å². The predicted molar refractivity (Wildman–Crippen MR) is 72.0 cm³/mol. The lowest BCUT2D eigenvalue weighted by molar-refractivity contribution is 0.478. The summed E-state index contributed by atoms with van der Waals surface area (Å²) in [6, 6.07) is 5.56. The topological polar surface area (TPSA) is 37.4 Å². The third-order valence-corrected chi connectivity index (χ3v) is 5.81. The number of nitrogens with zero attached hydrogens (tertiary/aromatic N) is 1. The van der Waals surface area contributed by atoms with Gasteiger partial charge in [0.05, 0.1) is 4.90 Å². The minimum Gasteiger partial charge on any atom is -0.207 e. The second-order valence-corrected chi connectivity index (χ2v) is 7.72. The van der Waals surface area contributed by atoms with E-state index in [4.69, 9.17) is 0 Å². The number of aryl methyl sites for hydroxylation is 2. The number of alkyl halides is 1. The molecular weight excluding hydrogens is 302 g/mol. The van der Waals surface area contributed by atoms with Crippen molar-refractivity contribution in [1.29, 1.82) is 0 Å². The molecule has 0 aliphatic carbocycles. The first-order valence-corrected chi connectivity index (χ1v) is 7.98. The second kappa shape index (κ2) is 4.71. The second-order valence-electron chi connectivity index (χ2n) is 4.52. The Morgan fingerprint density at radius 2 is 2.06 bits per heavy atom. The predicted octanol–water partition coefficient (Wildman–Crippen LogP) is 2.46. The molecule has 0 saturated carbocycles. The number of hydrogen-bond donors (Lipinski definition) is 0. The first kappa shape index (κ1) is 13.1. The molecule has 0 aromatic heterocycles. The summed E-state index contributed by atoms with van der Waals surface area (Å²) in [6.45, 7) is 4.92. The molecule has 0 bridgehead atoms. The quantitative estimate of drug-likeness (QED) is 0.786. The number of halogens is 1. The van der Waals surface area contributed by atoms with Crippen molar-refractivity contribution in [1.82, 2.24) is 4.31 Å². The Morgan fingerprint density at radius 1 is 1.35 bits per heavy atom. The van der Waals surface area contributed by atoms with Gasteiger partial charge in [0.1, 0.15) is 0 Å². The minimum absolute atomic E-state index is 0.280. The van der Waals surface area contributed by atoms with Crippen LogP contribution in [0.3, 0.4) is 0 Å². The Balaban J connectivity index is 2.41. The molecule has 0 radical (unpaired) electrons. The zero-order valence-corrected chi connectivity index (χ0v) is 12.4. The van der Waals surface area contributed by atoms with Crippen molar-refractivity contribution >= 4 is 26.0 Å². The lowest BCUT2D eigenvalue weighted by Gasteiger charge is -2.17. The maximum Gasteiger partial charge on any atom is 0.243 e. The van der Waals surface area contributed by atoms with Crippen LogP contribution < -0.4 is 0 Å². The van der Waals surface area contributed by atoms with Gasteiger partial charge in [-0.25, -0.2) is 8.42 Å². The molecule has 1 aliphatic heterocycles. The van der Waals surface area contributed by atoms with Gasteiger partial charge in [0, 0.05) is 17.9 Å². The maximum absolute atomic E-state index is 12.5. The molecule has 1 aliphatic rings. The van der Waals surface area contributed by atoms with Crippen molar-refractivity contribution in [3.63, 3.8) is 0 Å². The molecule has 0 amide bonds. The van der Waals surface area contributed by atoms with Crippen molar-refractivity contribution in [3.05, 3.63) is 29.3 Å². The van der Waals surface area contributed by atoms with Crippen LogP contribution >= 0.6 is 15.9 Å². The van der Waals surface area contributed by atoms with Crippen molar-refractivity contribution < 1.29 is 8.42 Å². The van der Waals surface area contributed by atoms with E-state index < -0.39 is 10.0 Å². The van der Waals surface area contributed by atoms with Crippen LogP contribution in [0.2, 0.25) is 0 Å². The molecule has 1 unspecified atom stereocenters. The van der Waals surface area contributed by atoms with Crippen molar-refractivity contribution in [3.8, 4) is 0 Å². The minimum atomic E-state index is -3.32. The van der Waals surface area contributed by atoms with E-state index in [1.165, 1.54) is 0 Å². The lowest BCUT2D eigenvalue weighted by atomic mass is 10.2. The Labute approximate surface area is 111 Å². The maximum atomic E-state index is 12.5. The normalized spacial score (nSPS) is 21.9. The third-order valence-electron chi connectivity index (χ3n) is 3.05. The monoisotopic (exact) mass is 317 g/mol. The molecule has 5 heteroatoms. The highest BCUT2D eigenvalue weighted by atomic mass is 79.9. The number of benzene rings is 1. The van der Waals surface area contributed by atoms with E-state index in [9.17, 15) is 8.42 Å². The summed E-state index contributed by atoms with van der Waals surface area (Å²) in [6.07, 6.45) is 0.879. The summed E-state index contributed by atoms with van der Waals surface area (Å²) in [5, 5.41) is 0. The van der Waals surface area contributed by atoms with Gasteiger partial charge in [0.25, 0.3) is 0 Å². The molecule has 3 nitrogen and oxygen atoms in total. The Morgan fingerprint density at radius 3 is 2.65 bits per heavy atom. The molecule has 1 heterocycles. The summed E-state index contributed by atoms with van der Waals surface area (Å²) in [5.41, 5.74) is 1.79. The van der Waals surface area contributed by atoms with Gasteiger partial charge >= 0.3 is 0 Å². The molecule has 0 N–H and O–H groups in total. The lowest BCUT2D eigenvalue weighted by Crippen LogP contribution is -2.29. The summed E-state index contributed by atoms with van der Waals surface area (Å²) < 4.78 is 26.5. The molecule has 17 heavy (non-hydrogen) atoms. The van der Waals surface area contributed by atoms with Gasteiger partial charge in [0.2, 0.25) is 10.0 Å². The molecule has 1 aromatic carbocycles. The fourth-order valence-corrected chi connectivity index (χ4v) is 4.59. The zero-order valence-electron chi connectivity index (χ0n) is 9.98. The number of rotatable bonds is 2.